The van der Waals surface area contributed by atoms with Crippen LogP contribution in [0.5, 0.6) is 0 Å². The fourth-order valence-corrected chi connectivity index (χ4v) is 14.7. The summed E-state index contributed by atoms with van der Waals surface area (Å²) in [5.41, 5.74) is 0. The Bertz CT molecular complexity index is 1960. The molecule has 0 heterocycles. The third kappa shape index (κ3) is 78.0. The average molecular weight is 1510 g/mol. The van der Waals surface area contributed by atoms with Crippen LogP contribution in [-0.4, -0.2) is 96.7 Å². The Morgan fingerprint density at radius 1 is 0.262 bits per heavy atom. The van der Waals surface area contributed by atoms with Crippen LogP contribution < -0.4 is 0 Å². The first-order valence-electron chi connectivity index (χ1n) is 43.6. The highest BCUT2D eigenvalue weighted by Gasteiger charge is 2.30. The minimum Gasteiger partial charge on any atom is -0.462 e. The van der Waals surface area contributed by atoms with Gasteiger partial charge in [0.2, 0.25) is 0 Å². The number of ether oxygens (including phenoxy) is 4. The van der Waals surface area contributed by atoms with Crippen molar-refractivity contribution in [2.45, 2.75) is 470 Å². The SMILES string of the molecule is CCCCCCCCCCCCCCCCCCCCCCC(=O)O[C@H](COC(=O)CCCCCCCCCCCCCCCCCCC)COP(=O)(O)OC[C@@H](O)COP(=O)(O)OC[C@@H](COC(=O)CCCCCCCCCCCCCCC)OC(=O)CCCCCCCCCCCCC(C)C. The molecular formula is C84H164O17P2. The molecule has 0 spiro atoms. The zero-order valence-electron chi connectivity index (χ0n) is 67.5. The van der Waals surface area contributed by atoms with E-state index in [2.05, 4.69) is 34.6 Å². The fraction of sp³-hybridized carbons (Fsp3) is 0.952. The van der Waals surface area contributed by atoms with Crippen molar-refractivity contribution in [1.29, 1.82) is 0 Å². The first-order chi connectivity index (χ1) is 50.0. The summed E-state index contributed by atoms with van der Waals surface area (Å²) in [7, 11) is -9.92. The molecule has 0 saturated heterocycles. The van der Waals surface area contributed by atoms with Crippen molar-refractivity contribution in [3.8, 4) is 0 Å². The van der Waals surface area contributed by atoms with Gasteiger partial charge in [0.25, 0.3) is 0 Å². The lowest BCUT2D eigenvalue weighted by Gasteiger charge is -2.21. The van der Waals surface area contributed by atoms with Crippen LogP contribution in [0, 0.1) is 5.92 Å². The highest BCUT2D eigenvalue weighted by atomic mass is 31.2. The number of aliphatic hydroxyl groups is 1. The average Bonchev–Trinajstić information content (AvgIpc) is 0.928. The van der Waals surface area contributed by atoms with Crippen molar-refractivity contribution in [3.63, 3.8) is 0 Å². The normalized spacial score (nSPS) is 13.8. The van der Waals surface area contributed by atoms with Gasteiger partial charge in [-0.1, -0.05) is 401 Å². The predicted octanol–water partition coefficient (Wildman–Crippen LogP) is 25.6. The molecule has 3 N–H and O–H groups in total. The minimum atomic E-state index is -4.96. The molecule has 5 atom stereocenters. The Morgan fingerprint density at radius 3 is 0.660 bits per heavy atom. The van der Waals surface area contributed by atoms with Gasteiger partial charge < -0.3 is 33.8 Å². The van der Waals surface area contributed by atoms with Crippen LogP contribution in [0.2, 0.25) is 0 Å². The first-order valence-corrected chi connectivity index (χ1v) is 46.6. The number of unbranched alkanes of at least 4 members (excludes halogenated alkanes) is 56. The van der Waals surface area contributed by atoms with E-state index in [1.165, 1.54) is 276 Å². The van der Waals surface area contributed by atoms with Gasteiger partial charge in [-0.3, -0.25) is 37.3 Å². The van der Waals surface area contributed by atoms with Crippen LogP contribution in [-0.2, 0) is 65.4 Å². The van der Waals surface area contributed by atoms with E-state index in [0.29, 0.717) is 25.7 Å². The van der Waals surface area contributed by atoms with Crippen molar-refractivity contribution in [1.82, 2.24) is 0 Å². The molecule has 0 amide bonds. The van der Waals surface area contributed by atoms with Crippen LogP contribution in [0.15, 0.2) is 0 Å². The molecule has 0 aromatic heterocycles. The molecule has 0 aliphatic heterocycles. The monoisotopic (exact) mass is 1510 g/mol. The summed E-state index contributed by atoms with van der Waals surface area (Å²) in [5.74, 6) is -1.35. The summed E-state index contributed by atoms with van der Waals surface area (Å²) in [5, 5.41) is 10.7. The maximum atomic E-state index is 13.1. The number of aliphatic hydroxyl groups excluding tert-OH is 1. The largest absolute Gasteiger partial charge is 0.472 e. The highest BCUT2D eigenvalue weighted by Crippen LogP contribution is 2.45. The number of carbonyl (C=O) groups is 4. The summed E-state index contributed by atoms with van der Waals surface area (Å²) < 4.78 is 68.9. The van der Waals surface area contributed by atoms with Crippen LogP contribution in [0.1, 0.15) is 452 Å². The second-order valence-electron chi connectivity index (χ2n) is 30.7. The number of hydrogen-bond donors (Lipinski definition) is 3. The topological polar surface area (TPSA) is 237 Å². The van der Waals surface area contributed by atoms with Gasteiger partial charge in [0.1, 0.15) is 19.3 Å². The summed E-state index contributed by atoms with van der Waals surface area (Å²) in [4.78, 5) is 73.2. The maximum Gasteiger partial charge on any atom is 0.472 e. The van der Waals surface area contributed by atoms with E-state index < -0.39 is 97.5 Å². The van der Waals surface area contributed by atoms with Crippen molar-refractivity contribution in [3.05, 3.63) is 0 Å². The van der Waals surface area contributed by atoms with E-state index in [0.717, 1.165) is 95.8 Å². The van der Waals surface area contributed by atoms with Crippen molar-refractivity contribution < 1.29 is 80.2 Å². The van der Waals surface area contributed by atoms with Crippen LogP contribution in [0.4, 0.5) is 0 Å². The fourth-order valence-electron chi connectivity index (χ4n) is 13.1. The molecular weight excluding hydrogens is 1340 g/mol. The number of phosphoric ester groups is 2. The van der Waals surface area contributed by atoms with Crippen molar-refractivity contribution in [2.24, 2.45) is 5.92 Å². The lowest BCUT2D eigenvalue weighted by molar-refractivity contribution is -0.161. The minimum absolute atomic E-state index is 0.107. The third-order valence-corrected chi connectivity index (χ3v) is 21.7. The number of esters is 4. The highest BCUT2D eigenvalue weighted by molar-refractivity contribution is 7.47. The van der Waals surface area contributed by atoms with Crippen molar-refractivity contribution >= 4 is 39.5 Å². The standard InChI is InChI=1S/C84H164O17P2/c1-6-9-12-15-18-21-24-27-29-31-32-33-35-37-40-43-49-54-59-64-69-83(88)100-79(73-95-82(87)68-63-58-53-48-42-39-36-34-30-28-25-22-19-16-13-10-7-2)75-98-102(90,91)96-71-78(85)72-97-103(92,93)99-76-80(101-84(89)70-65-60-55-50-45-44-46-51-56-61-66-77(4)5)74-94-81(86)67-62-57-52-47-41-38-26-23-20-17-14-11-8-3/h77-80,85H,6-76H2,1-5H3,(H,90,91)(H,92,93)/t78-,79-,80-/m1/s1. The van der Waals surface area contributed by atoms with E-state index in [9.17, 15) is 43.2 Å². The molecule has 0 bridgehead atoms. The van der Waals surface area contributed by atoms with E-state index in [1.807, 2.05) is 0 Å². The lowest BCUT2D eigenvalue weighted by atomic mass is 10.0. The van der Waals surface area contributed by atoms with Crippen LogP contribution in [0.3, 0.4) is 0 Å². The zero-order chi connectivity index (χ0) is 75.5. The van der Waals surface area contributed by atoms with E-state index in [4.69, 9.17) is 37.0 Å². The molecule has 0 aromatic carbocycles. The first kappa shape index (κ1) is 101. The number of carbonyl (C=O) groups excluding carboxylic acids is 4. The Balaban J connectivity index is 5.25. The second kappa shape index (κ2) is 76.8. The number of phosphoric acid groups is 2. The molecule has 0 aliphatic carbocycles. The molecule has 0 aromatic rings. The second-order valence-corrected chi connectivity index (χ2v) is 33.6. The van der Waals surface area contributed by atoms with Gasteiger partial charge in [0, 0.05) is 25.7 Å². The molecule has 0 saturated carbocycles. The number of rotatable bonds is 84. The summed E-state index contributed by atoms with van der Waals surface area (Å²) in [6, 6.07) is 0. The van der Waals surface area contributed by atoms with Gasteiger partial charge in [-0.05, 0) is 31.6 Å². The molecule has 612 valence electrons. The van der Waals surface area contributed by atoms with E-state index in [1.54, 1.807) is 0 Å². The van der Waals surface area contributed by atoms with Gasteiger partial charge in [-0.25, -0.2) is 9.13 Å². The van der Waals surface area contributed by atoms with Crippen LogP contribution in [0.25, 0.3) is 0 Å². The van der Waals surface area contributed by atoms with Gasteiger partial charge in [-0.2, -0.15) is 0 Å². The van der Waals surface area contributed by atoms with Gasteiger partial charge in [-0.15, -0.1) is 0 Å². The number of hydrogen-bond acceptors (Lipinski definition) is 15. The zero-order valence-corrected chi connectivity index (χ0v) is 69.3. The predicted molar refractivity (Wildman–Crippen MR) is 423 cm³/mol. The molecule has 0 rings (SSSR count). The molecule has 103 heavy (non-hydrogen) atoms. The Labute approximate surface area is 632 Å². The van der Waals surface area contributed by atoms with Crippen molar-refractivity contribution in [2.75, 3.05) is 39.6 Å². The smallest absolute Gasteiger partial charge is 0.462 e. The molecule has 19 heteroatoms. The van der Waals surface area contributed by atoms with Gasteiger partial charge in [0.15, 0.2) is 12.2 Å². The molecule has 2 unspecified atom stereocenters. The Morgan fingerprint density at radius 2 is 0.447 bits per heavy atom. The van der Waals surface area contributed by atoms with Gasteiger partial charge in [0.05, 0.1) is 26.4 Å². The van der Waals surface area contributed by atoms with E-state index in [-0.39, 0.29) is 25.7 Å². The summed E-state index contributed by atoms with van der Waals surface area (Å²) in [6.07, 6.45) is 69.4. The Hall–Kier alpha value is -1.94. The molecule has 17 nitrogen and oxygen atoms in total. The lowest BCUT2D eigenvalue weighted by Crippen LogP contribution is -2.30. The molecule has 0 fully saturated rings. The summed E-state index contributed by atoms with van der Waals surface area (Å²) in [6.45, 7) is 7.35. The molecule has 0 aliphatic rings. The molecule has 0 radical (unpaired) electrons. The quantitative estimate of drug-likeness (QED) is 0.0222. The third-order valence-electron chi connectivity index (χ3n) is 19.8. The Kier molecular flexibility index (Phi) is 75.4. The van der Waals surface area contributed by atoms with Crippen LogP contribution >= 0.6 is 15.6 Å². The summed E-state index contributed by atoms with van der Waals surface area (Å²) >= 11 is 0. The van der Waals surface area contributed by atoms with Gasteiger partial charge >= 0.3 is 39.5 Å². The maximum absolute atomic E-state index is 13.1. The van der Waals surface area contributed by atoms with E-state index >= 15 is 0 Å².